The van der Waals surface area contributed by atoms with E-state index in [9.17, 15) is 4.79 Å². The number of benzene rings is 1. The molecule has 0 saturated carbocycles. The first-order valence-electron chi connectivity index (χ1n) is 8.16. The molecule has 0 aliphatic carbocycles. The summed E-state index contributed by atoms with van der Waals surface area (Å²) in [6.07, 6.45) is 5.06. The Bertz CT molecular complexity index is 846. The normalized spacial score (nSPS) is 11.8. The predicted molar refractivity (Wildman–Crippen MR) is 95.9 cm³/mol. The van der Waals surface area contributed by atoms with Gasteiger partial charge in [-0.15, -0.1) is 0 Å². The Hall–Kier alpha value is -3.15. The summed E-state index contributed by atoms with van der Waals surface area (Å²) in [6, 6.07) is 13.0. The van der Waals surface area contributed by atoms with Gasteiger partial charge in [-0.1, -0.05) is 19.1 Å². The van der Waals surface area contributed by atoms with Crippen LogP contribution in [-0.2, 0) is 4.79 Å². The summed E-state index contributed by atoms with van der Waals surface area (Å²) in [5.74, 6) is 1.03. The molecular formula is C19H20N4O2. The van der Waals surface area contributed by atoms with Gasteiger partial charge in [0.25, 0.3) is 5.91 Å². The second-order valence-electron chi connectivity index (χ2n) is 5.65. The molecule has 6 heteroatoms. The molecule has 3 rings (SSSR count). The number of nitrogens with one attached hydrogen (secondary N) is 1. The number of amides is 1. The second-order valence-corrected chi connectivity index (χ2v) is 5.65. The van der Waals surface area contributed by atoms with Gasteiger partial charge >= 0.3 is 0 Å². The van der Waals surface area contributed by atoms with Crippen LogP contribution in [-0.4, -0.2) is 26.8 Å². The predicted octanol–water partition coefficient (Wildman–Crippen LogP) is 3.37. The highest BCUT2D eigenvalue weighted by atomic mass is 16.5. The zero-order chi connectivity index (χ0) is 17.6. The zero-order valence-corrected chi connectivity index (χ0v) is 14.2. The van der Waals surface area contributed by atoms with E-state index in [2.05, 4.69) is 15.4 Å². The third-order valence-electron chi connectivity index (χ3n) is 3.70. The van der Waals surface area contributed by atoms with Crippen molar-refractivity contribution < 1.29 is 9.53 Å². The molecule has 0 radical (unpaired) electrons. The fourth-order valence-electron chi connectivity index (χ4n) is 2.46. The van der Waals surface area contributed by atoms with Crippen molar-refractivity contribution in [3.05, 3.63) is 66.6 Å². The topological polar surface area (TPSA) is 69.0 Å². The molecule has 2 aromatic heterocycles. The monoisotopic (exact) mass is 336 g/mol. The summed E-state index contributed by atoms with van der Waals surface area (Å²) in [6.45, 7) is 3.90. The van der Waals surface area contributed by atoms with Crippen LogP contribution in [0.5, 0.6) is 5.75 Å². The van der Waals surface area contributed by atoms with Crippen LogP contribution in [0.4, 0.5) is 5.69 Å². The maximum absolute atomic E-state index is 12.7. The summed E-state index contributed by atoms with van der Waals surface area (Å²) < 4.78 is 7.46. The van der Waals surface area contributed by atoms with Crippen LogP contribution in [0.3, 0.4) is 0 Å². The summed E-state index contributed by atoms with van der Waals surface area (Å²) in [5.41, 5.74) is 1.67. The molecule has 0 bridgehead atoms. The second kappa shape index (κ2) is 7.61. The van der Waals surface area contributed by atoms with Crippen LogP contribution >= 0.6 is 0 Å². The van der Waals surface area contributed by atoms with Crippen molar-refractivity contribution in [1.29, 1.82) is 0 Å². The van der Waals surface area contributed by atoms with Gasteiger partial charge in [-0.05, 0) is 49.2 Å². The third-order valence-corrected chi connectivity index (χ3v) is 3.70. The Morgan fingerprint density at radius 3 is 2.84 bits per heavy atom. The van der Waals surface area contributed by atoms with E-state index in [1.165, 1.54) is 0 Å². The average molecular weight is 336 g/mol. The molecule has 0 fully saturated rings. The number of ether oxygens (including phenoxy) is 1. The van der Waals surface area contributed by atoms with E-state index in [0.29, 0.717) is 23.7 Å². The van der Waals surface area contributed by atoms with E-state index >= 15 is 0 Å². The van der Waals surface area contributed by atoms with Gasteiger partial charge in [0.15, 0.2) is 11.9 Å². The lowest BCUT2D eigenvalue weighted by Gasteiger charge is -2.18. The molecule has 128 valence electrons. The van der Waals surface area contributed by atoms with Crippen molar-refractivity contribution >= 4 is 11.6 Å². The highest BCUT2D eigenvalue weighted by Gasteiger charge is 2.20. The smallest absolute Gasteiger partial charge is 0.265 e. The molecular weight excluding hydrogens is 316 g/mol. The van der Waals surface area contributed by atoms with E-state index in [0.717, 1.165) is 5.56 Å². The Kier molecular flexibility index (Phi) is 5.09. The van der Waals surface area contributed by atoms with E-state index in [1.54, 1.807) is 41.5 Å². The Morgan fingerprint density at radius 1 is 1.24 bits per heavy atom. The minimum absolute atomic E-state index is 0.217. The van der Waals surface area contributed by atoms with Gasteiger partial charge in [0.2, 0.25) is 0 Å². The van der Waals surface area contributed by atoms with E-state index in [4.69, 9.17) is 4.74 Å². The largest absolute Gasteiger partial charge is 0.481 e. The Labute approximate surface area is 146 Å². The highest BCUT2D eigenvalue weighted by Crippen LogP contribution is 2.19. The zero-order valence-electron chi connectivity index (χ0n) is 14.2. The third kappa shape index (κ3) is 4.03. The SMILES string of the molecule is CCC(Oc1cccc(C)c1)C(=O)Nc1cccnc1-n1cccn1. The number of carbonyl (C=O) groups excluding carboxylic acids is 1. The number of carbonyl (C=O) groups is 1. The number of aromatic nitrogens is 3. The highest BCUT2D eigenvalue weighted by molar-refractivity contribution is 5.95. The lowest BCUT2D eigenvalue weighted by Crippen LogP contribution is -2.32. The average Bonchev–Trinajstić information content (AvgIpc) is 3.14. The number of anilines is 1. The molecule has 1 unspecified atom stereocenters. The van der Waals surface area contributed by atoms with Gasteiger partial charge in [-0.2, -0.15) is 5.10 Å². The van der Waals surface area contributed by atoms with Crippen molar-refractivity contribution in [2.75, 3.05) is 5.32 Å². The minimum Gasteiger partial charge on any atom is -0.481 e. The number of hydrogen-bond donors (Lipinski definition) is 1. The van der Waals surface area contributed by atoms with E-state index in [1.807, 2.05) is 38.1 Å². The van der Waals surface area contributed by atoms with Gasteiger partial charge in [-0.3, -0.25) is 4.79 Å². The van der Waals surface area contributed by atoms with Gasteiger partial charge in [-0.25, -0.2) is 9.67 Å². The van der Waals surface area contributed by atoms with Crippen molar-refractivity contribution in [3.63, 3.8) is 0 Å². The molecule has 2 heterocycles. The molecule has 25 heavy (non-hydrogen) atoms. The molecule has 0 aliphatic heterocycles. The number of nitrogens with zero attached hydrogens (tertiary/aromatic N) is 3. The summed E-state index contributed by atoms with van der Waals surface area (Å²) in [7, 11) is 0. The standard InChI is InChI=1S/C19H20N4O2/c1-3-17(25-15-8-4-7-14(2)13-15)19(24)22-16-9-5-10-20-18(16)23-12-6-11-21-23/h4-13,17H,3H2,1-2H3,(H,22,24). The Balaban J connectivity index is 1.77. The molecule has 1 aromatic carbocycles. The van der Waals surface area contributed by atoms with Crippen LogP contribution in [0.25, 0.3) is 5.82 Å². The maximum atomic E-state index is 12.7. The Morgan fingerprint density at radius 2 is 2.12 bits per heavy atom. The summed E-state index contributed by atoms with van der Waals surface area (Å²) >= 11 is 0. The molecule has 0 saturated heterocycles. The van der Waals surface area contributed by atoms with Gasteiger partial charge < -0.3 is 10.1 Å². The van der Waals surface area contributed by atoms with Crippen molar-refractivity contribution in [2.45, 2.75) is 26.4 Å². The first kappa shape index (κ1) is 16.7. The maximum Gasteiger partial charge on any atom is 0.265 e. The molecule has 0 aliphatic rings. The van der Waals surface area contributed by atoms with Gasteiger partial charge in [0, 0.05) is 18.6 Å². The molecule has 1 N–H and O–H groups in total. The lowest BCUT2D eigenvalue weighted by molar-refractivity contribution is -0.122. The summed E-state index contributed by atoms with van der Waals surface area (Å²) in [5, 5.41) is 7.07. The van der Waals surface area contributed by atoms with E-state index < -0.39 is 6.10 Å². The molecule has 3 aromatic rings. The first-order chi connectivity index (χ1) is 12.2. The number of hydrogen-bond acceptors (Lipinski definition) is 4. The van der Waals surface area contributed by atoms with Crippen molar-refractivity contribution in [1.82, 2.24) is 14.8 Å². The number of aryl methyl sites for hydroxylation is 1. The fourth-order valence-corrected chi connectivity index (χ4v) is 2.46. The molecule has 0 spiro atoms. The van der Waals surface area contributed by atoms with Crippen LogP contribution in [0.1, 0.15) is 18.9 Å². The van der Waals surface area contributed by atoms with E-state index in [-0.39, 0.29) is 5.91 Å². The fraction of sp³-hybridized carbons (Fsp3) is 0.211. The van der Waals surface area contributed by atoms with Gasteiger partial charge in [0.05, 0.1) is 5.69 Å². The summed E-state index contributed by atoms with van der Waals surface area (Å²) in [4.78, 5) is 17.0. The van der Waals surface area contributed by atoms with Crippen molar-refractivity contribution in [2.24, 2.45) is 0 Å². The molecule has 6 nitrogen and oxygen atoms in total. The number of rotatable bonds is 6. The molecule has 1 atom stereocenters. The van der Waals surface area contributed by atoms with Crippen LogP contribution in [0.15, 0.2) is 61.1 Å². The number of pyridine rings is 1. The first-order valence-corrected chi connectivity index (χ1v) is 8.16. The van der Waals surface area contributed by atoms with Crippen LogP contribution < -0.4 is 10.1 Å². The lowest BCUT2D eigenvalue weighted by atomic mass is 10.2. The van der Waals surface area contributed by atoms with Crippen LogP contribution in [0, 0.1) is 6.92 Å². The van der Waals surface area contributed by atoms with Crippen molar-refractivity contribution in [3.8, 4) is 11.6 Å². The van der Waals surface area contributed by atoms with Gasteiger partial charge in [0.1, 0.15) is 5.75 Å². The molecule has 1 amide bonds. The minimum atomic E-state index is -0.590. The quantitative estimate of drug-likeness (QED) is 0.749. The van der Waals surface area contributed by atoms with Crippen LogP contribution in [0.2, 0.25) is 0 Å².